The summed E-state index contributed by atoms with van der Waals surface area (Å²) in [5.41, 5.74) is 2.70. The predicted octanol–water partition coefficient (Wildman–Crippen LogP) is 6.69. The average Bonchev–Trinajstić information content (AvgIpc) is 2.83. The molecule has 0 spiro atoms. The Bertz CT molecular complexity index is 842. The van der Waals surface area contributed by atoms with Gasteiger partial charge in [0, 0.05) is 0 Å². The average molecular weight is 415 g/mol. The van der Waals surface area contributed by atoms with Crippen LogP contribution in [0.1, 0.15) is 44.4 Å². The highest BCUT2D eigenvalue weighted by Gasteiger charge is 2.41. The van der Waals surface area contributed by atoms with E-state index in [4.69, 9.17) is 9.47 Å². The molecule has 0 amide bonds. The van der Waals surface area contributed by atoms with E-state index in [1.807, 2.05) is 0 Å². The molecule has 0 saturated carbocycles. The van der Waals surface area contributed by atoms with Gasteiger partial charge in [0.25, 0.3) is 0 Å². The second-order valence-corrected chi connectivity index (χ2v) is 9.05. The van der Waals surface area contributed by atoms with Gasteiger partial charge in [-0.05, 0) is 41.4 Å². The highest BCUT2D eigenvalue weighted by Crippen LogP contribution is 2.42. The smallest absolute Gasteiger partial charge is 0.143 e. The Kier molecular flexibility index (Phi) is 6.60. The van der Waals surface area contributed by atoms with Crippen molar-refractivity contribution in [2.45, 2.75) is 45.5 Å². The molecule has 2 unspecified atom stereocenters. The molecule has 1 heterocycles. The van der Waals surface area contributed by atoms with Crippen LogP contribution in [0.3, 0.4) is 0 Å². The number of benzene rings is 3. The van der Waals surface area contributed by atoms with E-state index in [2.05, 4.69) is 119 Å². The minimum Gasteiger partial charge on any atom is -0.372 e. The SMILES string of the molecule is CC1[C@@H](C)[C@@H](C)C(COC(c2ccccc2)(c2ccccc2)c2ccccc2)O[C@@H]1C. The Morgan fingerprint density at radius 3 is 1.45 bits per heavy atom. The van der Waals surface area contributed by atoms with Crippen LogP contribution in [0.4, 0.5) is 0 Å². The van der Waals surface area contributed by atoms with Gasteiger partial charge in [0.15, 0.2) is 0 Å². The van der Waals surface area contributed by atoms with Crippen molar-refractivity contribution in [3.05, 3.63) is 108 Å². The first kappa shape index (κ1) is 21.8. The molecule has 31 heavy (non-hydrogen) atoms. The van der Waals surface area contributed by atoms with Gasteiger partial charge in [-0.1, -0.05) is 112 Å². The zero-order valence-corrected chi connectivity index (χ0v) is 19.1. The minimum absolute atomic E-state index is 0.0664. The van der Waals surface area contributed by atoms with Crippen LogP contribution >= 0.6 is 0 Å². The molecule has 0 N–H and O–H groups in total. The van der Waals surface area contributed by atoms with Gasteiger partial charge >= 0.3 is 0 Å². The third kappa shape index (κ3) is 4.20. The van der Waals surface area contributed by atoms with Crippen LogP contribution in [0, 0.1) is 17.8 Å². The van der Waals surface area contributed by atoms with Crippen molar-refractivity contribution >= 4 is 0 Å². The first-order chi connectivity index (χ1) is 15.0. The predicted molar refractivity (Wildman–Crippen MR) is 127 cm³/mol. The zero-order valence-electron chi connectivity index (χ0n) is 19.1. The molecule has 1 fully saturated rings. The molecule has 2 nitrogen and oxygen atoms in total. The lowest BCUT2D eigenvalue weighted by molar-refractivity contribution is -0.162. The largest absolute Gasteiger partial charge is 0.372 e. The molecule has 2 heteroatoms. The Labute approximate surface area is 187 Å². The fourth-order valence-electron chi connectivity index (χ4n) is 4.94. The van der Waals surface area contributed by atoms with Gasteiger partial charge in [-0.2, -0.15) is 0 Å². The van der Waals surface area contributed by atoms with E-state index in [1.54, 1.807) is 0 Å². The minimum atomic E-state index is -0.692. The van der Waals surface area contributed by atoms with Crippen molar-refractivity contribution < 1.29 is 9.47 Å². The van der Waals surface area contributed by atoms with Crippen molar-refractivity contribution in [3.8, 4) is 0 Å². The lowest BCUT2D eigenvalue weighted by atomic mass is 9.76. The Morgan fingerprint density at radius 1 is 0.613 bits per heavy atom. The second-order valence-electron chi connectivity index (χ2n) is 9.05. The van der Waals surface area contributed by atoms with Crippen molar-refractivity contribution in [2.75, 3.05) is 6.61 Å². The third-order valence-corrected chi connectivity index (χ3v) is 7.38. The third-order valence-electron chi connectivity index (χ3n) is 7.38. The molecular weight excluding hydrogens is 380 g/mol. The van der Waals surface area contributed by atoms with Crippen LogP contribution in [0.2, 0.25) is 0 Å². The Hall–Kier alpha value is -2.42. The molecule has 0 bridgehead atoms. The summed E-state index contributed by atoms with van der Waals surface area (Å²) in [6, 6.07) is 31.7. The molecular formula is C29H34O2. The van der Waals surface area contributed by atoms with Crippen molar-refractivity contribution in [3.63, 3.8) is 0 Å². The summed E-state index contributed by atoms with van der Waals surface area (Å²) in [6.07, 6.45) is 0.302. The van der Waals surface area contributed by atoms with E-state index in [0.29, 0.717) is 24.4 Å². The quantitative estimate of drug-likeness (QED) is 0.418. The van der Waals surface area contributed by atoms with E-state index in [9.17, 15) is 0 Å². The molecule has 0 aliphatic carbocycles. The van der Waals surface area contributed by atoms with Crippen LogP contribution in [-0.2, 0) is 15.1 Å². The summed E-state index contributed by atoms with van der Waals surface area (Å²) in [7, 11) is 0. The van der Waals surface area contributed by atoms with E-state index >= 15 is 0 Å². The van der Waals surface area contributed by atoms with Crippen LogP contribution in [0.25, 0.3) is 0 Å². The summed E-state index contributed by atoms with van der Waals surface area (Å²) in [6.45, 7) is 9.68. The monoisotopic (exact) mass is 414 g/mol. The maximum atomic E-state index is 7.00. The van der Waals surface area contributed by atoms with Gasteiger partial charge in [-0.3, -0.25) is 0 Å². The normalized spacial score (nSPS) is 26.5. The van der Waals surface area contributed by atoms with E-state index in [-0.39, 0.29) is 12.2 Å². The molecule has 1 saturated heterocycles. The Morgan fingerprint density at radius 2 is 1.03 bits per heavy atom. The second kappa shape index (κ2) is 9.38. The summed E-state index contributed by atoms with van der Waals surface area (Å²) in [4.78, 5) is 0. The van der Waals surface area contributed by atoms with Crippen molar-refractivity contribution in [1.29, 1.82) is 0 Å². The van der Waals surface area contributed by atoms with Crippen LogP contribution in [0.15, 0.2) is 91.0 Å². The van der Waals surface area contributed by atoms with E-state index < -0.39 is 5.60 Å². The highest BCUT2D eigenvalue weighted by atomic mass is 16.6. The number of hydrogen-bond acceptors (Lipinski definition) is 2. The first-order valence-electron chi connectivity index (χ1n) is 11.5. The van der Waals surface area contributed by atoms with Crippen molar-refractivity contribution in [2.24, 2.45) is 17.8 Å². The molecule has 1 aliphatic rings. The maximum absolute atomic E-state index is 7.00. The van der Waals surface area contributed by atoms with Crippen LogP contribution in [-0.4, -0.2) is 18.8 Å². The molecule has 5 atom stereocenters. The summed E-state index contributed by atoms with van der Waals surface area (Å²) < 4.78 is 13.5. The summed E-state index contributed by atoms with van der Waals surface area (Å²) >= 11 is 0. The zero-order chi connectivity index (χ0) is 21.8. The van der Waals surface area contributed by atoms with Crippen LogP contribution < -0.4 is 0 Å². The molecule has 0 radical (unpaired) electrons. The molecule has 3 aromatic rings. The van der Waals surface area contributed by atoms with Crippen molar-refractivity contribution in [1.82, 2.24) is 0 Å². The number of ether oxygens (including phenoxy) is 2. The van der Waals surface area contributed by atoms with E-state index in [1.165, 1.54) is 0 Å². The van der Waals surface area contributed by atoms with Gasteiger partial charge in [0.1, 0.15) is 5.60 Å². The number of hydrogen-bond donors (Lipinski definition) is 0. The molecule has 0 aromatic heterocycles. The molecule has 4 rings (SSSR count). The van der Waals surface area contributed by atoms with Gasteiger partial charge in [0.05, 0.1) is 18.8 Å². The lowest BCUT2D eigenvalue weighted by Crippen LogP contribution is -2.47. The molecule has 3 aromatic carbocycles. The maximum Gasteiger partial charge on any atom is 0.143 e. The van der Waals surface area contributed by atoms with E-state index in [0.717, 1.165) is 16.7 Å². The summed E-state index contributed by atoms with van der Waals surface area (Å²) in [5, 5.41) is 0. The standard InChI is InChI=1S/C29H34O2/c1-21-22(2)24(4)31-28(23(21)3)20-30-29(25-14-8-5-9-15-25,26-16-10-6-11-17-26)27-18-12-7-13-19-27/h5-19,21-24,28H,20H2,1-4H3/t21-,22?,23-,24-,28?/m1/s1. The first-order valence-corrected chi connectivity index (χ1v) is 11.5. The van der Waals surface area contributed by atoms with Gasteiger partial charge in [-0.25, -0.2) is 0 Å². The molecule has 1 aliphatic heterocycles. The van der Waals surface area contributed by atoms with Gasteiger partial charge < -0.3 is 9.47 Å². The van der Waals surface area contributed by atoms with Gasteiger partial charge in [-0.15, -0.1) is 0 Å². The highest BCUT2D eigenvalue weighted by molar-refractivity contribution is 5.47. The lowest BCUT2D eigenvalue weighted by Gasteiger charge is -2.44. The molecule has 162 valence electrons. The van der Waals surface area contributed by atoms with Gasteiger partial charge in [0.2, 0.25) is 0 Å². The summed E-state index contributed by atoms with van der Waals surface area (Å²) in [5.74, 6) is 1.58. The topological polar surface area (TPSA) is 18.5 Å². The number of rotatable bonds is 6. The fraction of sp³-hybridized carbons (Fsp3) is 0.379. The Balaban J connectivity index is 1.78. The van der Waals surface area contributed by atoms with Crippen LogP contribution in [0.5, 0.6) is 0 Å². The fourth-order valence-corrected chi connectivity index (χ4v) is 4.94.